The maximum Gasteiger partial charge on any atom is 0.144 e. The van der Waals surface area contributed by atoms with E-state index in [2.05, 4.69) is 46.5 Å². The second-order valence-corrected chi connectivity index (χ2v) is 5.08. The van der Waals surface area contributed by atoms with E-state index in [1.54, 1.807) is 7.11 Å². The third-order valence-corrected chi connectivity index (χ3v) is 2.85. The molecule has 0 saturated heterocycles. The lowest BCUT2D eigenvalue weighted by Crippen LogP contribution is -2.17. The van der Waals surface area contributed by atoms with Gasteiger partial charge in [-0.15, -0.1) is 0 Å². The predicted molar refractivity (Wildman–Crippen MR) is 63.7 cm³/mol. The van der Waals surface area contributed by atoms with Crippen LogP contribution in [0.4, 0.5) is 0 Å². The molecule has 0 unspecified atom stereocenters. The smallest absolute Gasteiger partial charge is 0.144 e. The van der Waals surface area contributed by atoms with Crippen LogP contribution in [-0.2, 0) is 5.41 Å². The van der Waals surface area contributed by atoms with E-state index in [-0.39, 0.29) is 5.41 Å². The van der Waals surface area contributed by atoms with Gasteiger partial charge < -0.3 is 4.74 Å². The summed E-state index contributed by atoms with van der Waals surface area (Å²) in [6.45, 7) is 12.7. The van der Waals surface area contributed by atoms with Gasteiger partial charge in [0.2, 0.25) is 0 Å². The van der Waals surface area contributed by atoms with Gasteiger partial charge in [0.1, 0.15) is 5.75 Å². The maximum atomic E-state index is 5.48. The van der Waals surface area contributed by atoms with Crippen LogP contribution in [0, 0.1) is 20.8 Å². The first-order chi connectivity index (χ1) is 6.79. The molecule has 84 valence electrons. The summed E-state index contributed by atoms with van der Waals surface area (Å²) in [5.41, 5.74) is 4.59. The molecule has 15 heavy (non-hydrogen) atoms. The lowest BCUT2D eigenvalue weighted by atomic mass is 9.88. The highest BCUT2D eigenvalue weighted by molar-refractivity contribution is 5.46. The first-order valence-electron chi connectivity index (χ1n) is 5.31. The molecule has 1 rings (SSSR count). The van der Waals surface area contributed by atoms with E-state index < -0.39 is 0 Å². The molecule has 0 spiro atoms. The van der Waals surface area contributed by atoms with Gasteiger partial charge in [-0.25, -0.2) is 0 Å². The van der Waals surface area contributed by atoms with Gasteiger partial charge in [0.15, 0.2) is 0 Å². The molecule has 1 aromatic rings. The zero-order valence-corrected chi connectivity index (χ0v) is 10.9. The van der Waals surface area contributed by atoms with Crippen LogP contribution in [0.2, 0.25) is 0 Å². The van der Waals surface area contributed by atoms with Crippen molar-refractivity contribution in [2.45, 2.75) is 47.0 Å². The van der Waals surface area contributed by atoms with Crippen molar-refractivity contribution in [3.05, 3.63) is 22.5 Å². The molecule has 0 fully saturated rings. The van der Waals surface area contributed by atoms with E-state index in [1.807, 2.05) is 0 Å². The lowest BCUT2D eigenvalue weighted by molar-refractivity contribution is 0.388. The van der Waals surface area contributed by atoms with Crippen molar-refractivity contribution in [2.24, 2.45) is 0 Å². The number of aromatic nitrogens is 1. The molecule has 0 N–H and O–H groups in total. The molecule has 2 heteroatoms. The van der Waals surface area contributed by atoms with Gasteiger partial charge in [-0.3, -0.25) is 4.98 Å². The van der Waals surface area contributed by atoms with Gasteiger partial charge in [0.25, 0.3) is 0 Å². The Morgan fingerprint density at radius 1 is 1.00 bits per heavy atom. The van der Waals surface area contributed by atoms with E-state index >= 15 is 0 Å². The Balaban J connectivity index is 3.53. The zero-order chi connectivity index (χ0) is 11.8. The molecule has 0 atom stereocenters. The fourth-order valence-corrected chi connectivity index (χ4v) is 1.68. The molecule has 0 amide bonds. The molecule has 0 saturated carbocycles. The number of ether oxygens (including phenoxy) is 1. The van der Waals surface area contributed by atoms with E-state index in [0.717, 1.165) is 17.1 Å². The summed E-state index contributed by atoms with van der Waals surface area (Å²) in [5, 5.41) is 0. The normalized spacial score (nSPS) is 11.7. The summed E-state index contributed by atoms with van der Waals surface area (Å²) < 4.78 is 5.48. The molecule has 0 aliphatic carbocycles. The highest BCUT2D eigenvalue weighted by Crippen LogP contribution is 2.34. The van der Waals surface area contributed by atoms with Gasteiger partial charge in [-0.2, -0.15) is 0 Å². The summed E-state index contributed by atoms with van der Waals surface area (Å²) in [6, 6.07) is 0. The van der Waals surface area contributed by atoms with Crippen molar-refractivity contribution in [1.82, 2.24) is 4.98 Å². The Kier molecular flexibility index (Phi) is 3.08. The van der Waals surface area contributed by atoms with Gasteiger partial charge in [0.05, 0.1) is 12.8 Å². The molecule has 0 radical (unpaired) electrons. The maximum absolute atomic E-state index is 5.48. The van der Waals surface area contributed by atoms with Crippen LogP contribution in [0.15, 0.2) is 0 Å². The Hall–Kier alpha value is -1.05. The van der Waals surface area contributed by atoms with Crippen LogP contribution in [0.5, 0.6) is 5.75 Å². The number of hydrogen-bond donors (Lipinski definition) is 0. The van der Waals surface area contributed by atoms with Crippen molar-refractivity contribution < 1.29 is 4.74 Å². The molecule has 0 bridgehead atoms. The minimum atomic E-state index is 0.0224. The molecule has 1 heterocycles. The fourth-order valence-electron chi connectivity index (χ4n) is 1.68. The van der Waals surface area contributed by atoms with Crippen molar-refractivity contribution in [3.63, 3.8) is 0 Å². The van der Waals surface area contributed by atoms with Gasteiger partial charge >= 0.3 is 0 Å². The number of nitrogens with zero attached hydrogens (tertiary/aromatic N) is 1. The van der Waals surface area contributed by atoms with Crippen LogP contribution < -0.4 is 4.74 Å². The quantitative estimate of drug-likeness (QED) is 0.705. The van der Waals surface area contributed by atoms with Gasteiger partial charge in [0, 0.05) is 11.1 Å². The number of hydrogen-bond acceptors (Lipinski definition) is 2. The van der Waals surface area contributed by atoms with Crippen LogP contribution in [-0.4, -0.2) is 12.1 Å². The SMILES string of the molecule is COc1c(C(C)(C)C)nc(C)c(C)c1C. The third-order valence-electron chi connectivity index (χ3n) is 2.85. The Bertz CT molecular complexity index is 375. The van der Waals surface area contributed by atoms with Crippen molar-refractivity contribution in [3.8, 4) is 5.75 Å². The highest BCUT2D eigenvalue weighted by Gasteiger charge is 2.23. The topological polar surface area (TPSA) is 22.1 Å². The third kappa shape index (κ3) is 2.14. The summed E-state index contributed by atoms with van der Waals surface area (Å²) in [7, 11) is 1.72. The predicted octanol–water partition coefficient (Wildman–Crippen LogP) is 3.31. The number of aryl methyl sites for hydroxylation is 1. The minimum Gasteiger partial charge on any atom is -0.495 e. The molecular weight excluding hydrogens is 186 g/mol. The van der Waals surface area contributed by atoms with Crippen LogP contribution in [0.25, 0.3) is 0 Å². The molecule has 0 aliphatic rings. The van der Waals surface area contributed by atoms with Crippen molar-refractivity contribution in [1.29, 1.82) is 0 Å². The first kappa shape index (κ1) is 12.0. The standard InChI is InChI=1S/C13H21NO/c1-8-9(2)11(15-7)12(13(4,5)6)14-10(8)3/h1-7H3. The average Bonchev–Trinajstić information content (AvgIpc) is 2.12. The van der Waals surface area contributed by atoms with E-state index in [1.165, 1.54) is 11.1 Å². The summed E-state index contributed by atoms with van der Waals surface area (Å²) in [4.78, 5) is 4.65. The van der Waals surface area contributed by atoms with Crippen molar-refractivity contribution >= 4 is 0 Å². The molecule has 0 aromatic carbocycles. The Morgan fingerprint density at radius 3 is 1.93 bits per heavy atom. The zero-order valence-electron chi connectivity index (χ0n) is 10.9. The minimum absolute atomic E-state index is 0.0224. The van der Waals surface area contributed by atoms with E-state index in [0.29, 0.717) is 0 Å². The van der Waals surface area contributed by atoms with E-state index in [9.17, 15) is 0 Å². The van der Waals surface area contributed by atoms with Crippen LogP contribution in [0.1, 0.15) is 43.3 Å². The molecule has 0 aliphatic heterocycles. The van der Waals surface area contributed by atoms with Crippen LogP contribution >= 0.6 is 0 Å². The number of methoxy groups -OCH3 is 1. The number of pyridine rings is 1. The second-order valence-electron chi connectivity index (χ2n) is 5.08. The Morgan fingerprint density at radius 2 is 1.53 bits per heavy atom. The monoisotopic (exact) mass is 207 g/mol. The number of rotatable bonds is 1. The Labute approximate surface area is 92.7 Å². The van der Waals surface area contributed by atoms with Crippen LogP contribution in [0.3, 0.4) is 0 Å². The summed E-state index contributed by atoms with van der Waals surface area (Å²) in [6.07, 6.45) is 0. The summed E-state index contributed by atoms with van der Waals surface area (Å²) >= 11 is 0. The average molecular weight is 207 g/mol. The van der Waals surface area contributed by atoms with Gasteiger partial charge in [-0.05, 0) is 31.9 Å². The second kappa shape index (κ2) is 3.84. The fraction of sp³-hybridized carbons (Fsp3) is 0.615. The molecule has 1 aromatic heterocycles. The molecule has 2 nitrogen and oxygen atoms in total. The first-order valence-corrected chi connectivity index (χ1v) is 5.31. The van der Waals surface area contributed by atoms with Crippen molar-refractivity contribution in [2.75, 3.05) is 7.11 Å². The largest absolute Gasteiger partial charge is 0.495 e. The highest BCUT2D eigenvalue weighted by atomic mass is 16.5. The summed E-state index contributed by atoms with van der Waals surface area (Å²) in [5.74, 6) is 0.936. The lowest BCUT2D eigenvalue weighted by Gasteiger charge is -2.23. The van der Waals surface area contributed by atoms with E-state index in [4.69, 9.17) is 4.74 Å². The molecular formula is C13H21NO. The van der Waals surface area contributed by atoms with Gasteiger partial charge in [-0.1, -0.05) is 20.8 Å².